The van der Waals surface area contributed by atoms with Gasteiger partial charge in [-0.2, -0.15) is 0 Å². The van der Waals surface area contributed by atoms with E-state index in [9.17, 15) is 14.4 Å². The predicted octanol–water partition coefficient (Wildman–Crippen LogP) is 7.57. The maximum Gasteiger partial charge on any atom is 0.417 e. The van der Waals surface area contributed by atoms with Gasteiger partial charge in [0.1, 0.15) is 12.2 Å². The Hall–Kier alpha value is -4.30. The highest BCUT2D eigenvalue weighted by Crippen LogP contribution is 2.52. The van der Waals surface area contributed by atoms with Gasteiger partial charge in [-0.3, -0.25) is 4.79 Å². The topological polar surface area (TPSA) is 76.2 Å². The van der Waals surface area contributed by atoms with Crippen molar-refractivity contribution in [2.75, 3.05) is 19.7 Å². The lowest BCUT2D eigenvalue weighted by atomic mass is 9.84. The van der Waals surface area contributed by atoms with Gasteiger partial charge >= 0.3 is 12.2 Å². The minimum absolute atomic E-state index is 0.0118. The summed E-state index contributed by atoms with van der Waals surface area (Å²) in [5, 5.41) is -0.0118. The number of thioether (sulfide) groups is 1. The van der Waals surface area contributed by atoms with E-state index in [1.165, 1.54) is 6.08 Å². The molecule has 3 amide bonds. The van der Waals surface area contributed by atoms with E-state index in [1.807, 2.05) is 36.0 Å². The van der Waals surface area contributed by atoms with Gasteiger partial charge in [-0.05, 0) is 50.3 Å². The summed E-state index contributed by atoms with van der Waals surface area (Å²) >= 11 is 1.81. The number of nitrogens with zero attached hydrogens (tertiary/aromatic N) is 2. The maximum absolute atomic E-state index is 13.4. The summed E-state index contributed by atoms with van der Waals surface area (Å²) in [6, 6.07) is 30.9. The van der Waals surface area contributed by atoms with Crippen LogP contribution in [0.3, 0.4) is 0 Å². The molecule has 45 heavy (non-hydrogen) atoms. The van der Waals surface area contributed by atoms with Crippen molar-refractivity contribution in [2.45, 2.75) is 55.3 Å². The highest BCUT2D eigenvalue weighted by Gasteiger charge is 2.45. The van der Waals surface area contributed by atoms with Crippen LogP contribution >= 0.6 is 11.8 Å². The fourth-order valence-corrected chi connectivity index (χ4v) is 7.80. The molecule has 0 unspecified atom stereocenters. The van der Waals surface area contributed by atoms with Crippen LogP contribution in [0.5, 0.6) is 0 Å². The van der Waals surface area contributed by atoms with Crippen LogP contribution in [0, 0.1) is 0 Å². The Bertz CT molecular complexity index is 1440. The van der Waals surface area contributed by atoms with Crippen molar-refractivity contribution in [1.29, 1.82) is 0 Å². The molecule has 0 spiro atoms. The third-order valence-electron chi connectivity index (χ3n) is 7.88. The first-order valence-corrected chi connectivity index (χ1v) is 16.1. The smallest absolute Gasteiger partial charge is 0.417 e. The molecule has 234 valence electrons. The lowest BCUT2D eigenvalue weighted by Gasteiger charge is -2.37. The van der Waals surface area contributed by atoms with E-state index in [0.29, 0.717) is 25.0 Å². The van der Waals surface area contributed by atoms with E-state index in [2.05, 4.69) is 79.4 Å². The van der Waals surface area contributed by atoms with Crippen molar-refractivity contribution in [3.05, 3.63) is 132 Å². The third-order valence-corrected chi connectivity index (χ3v) is 9.62. The molecule has 2 atom stereocenters. The molecule has 2 aliphatic heterocycles. The molecule has 3 aromatic carbocycles. The largest absolute Gasteiger partial charge is 0.445 e. The van der Waals surface area contributed by atoms with E-state index in [0.717, 1.165) is 21.6 Å². The number of rotatable bonds is 8. The Morgan fingerprint density at radius 1 is 0.889 bits per heavy atom. The lowest BCUT2D eigenvalue weighted by Crippen LogP contribution is -2.38. The second kappa shape index (κ2) is 13.8. The van der Waals surface area contributed by atoms with Crippen LogP contribution < -0.4 is 0 Å². The van der Waals surface area contributed by atoms with Gasteiger partial charge in [-0.15, -0.1) is 11.8 Å². The minimum atomic E-state index is -0.714. The molecular formula is C37H40N2O5S. The van der Waals surface area contributed by atoms with Crippen LogP contribution in [-0.4, -0.2) is 64.5 Å². The van der Waals surface area contributed by atoms with Crippen molar-refractivity contribution in [1.82, 2.24) is 9.80 Å². The Morgan fingerprint density at radius 3 is 1.91 bits per heavy atom. The zero-order valence-electron chi connectivity index (χ0n) is 26.1. The average Bonchev–Trinajstić information content (AvgIpc) is 3.61. The molecular weight excluding hydrogens is 584 g/mol. The van der Waals surface area contributed by atoms with Crippen molar-refractivity contribution in [2.24, 2.45) is 0 Å². The summed E-state index contributed by atoms with van der Waals surface area (Å²) in [6.45, 7) is 9.74. The number of benzene rings is 3. The Kier molecular flexibility index (Phi) is 9.83. The highest BCUT2D eigenvalue weighted by atomic mass is 32.2. The van der Waals surface area contributed by atoms with Crippen molar-refractivity contribution >= 4 is 29.9 Å². The molecule has 2 heterocycles. The monoisotopic (exact) mass is 624 g/mol. The number of hydrogen-bond donors (Lipinski definition) is 0. The van der Waals surface area contributed by atoms with Gasteiger partial charge < -0.3 is 14.4 Å². The molecule has 0 aromatic heterocycles. The fourth-order valence-electron chi connectivity index (χ4n) is 5.96. The second-order valence-electron chi connectivity index (χ2n) is 12.2. The number of carbonyl (C=O) groups excluding carboxylic acids is 3. The molecule has 0 saturated carbocycles. The Morgan fingerprint density at radius 2 is 1.42 bits per heavy atom. The summed E-state index contributed by atoms with van der Waals surface area (Å²) < 4.78 is 10.4. The van der Waals surface area contributed by atoms with E-state index >= 15 is 0 Å². The summed E-state index contributed by atoms with van der Waals surface area (Å²) in [5.74, 6) is -0.382. The van der Waals surface area contributed by atoms with Crippen LogP contribution in [0.15, 0.2) is 115 Å². The number of carbonyl (C=O) groups is 3. The number of hydrogen-bond acceptors (Lipinski definition) is 6. The quantitative estimate of drug-likeness (QED) is 0.146. The van der Waals surface area contributed by atoms with E-state index in [-0.39, 0.29) is 24.3 Å². The summed E-state index contributed by atoms with van der Waals surface area (Å²) in [7, 11) is 0. The fraction of sp³-hybridized carbons (Fsp3) is 0.324. The first-order chi connectivity index (χ1) is 21.6. The molecule has 5 rings (SSSR count). The van der Waals surface area contributed by atoms with Gasteiger partial charge in [0, 0.05) is 23.9 Å². The number of amides is 3. The summed E-state index contributed by atoms with van der Waals surface area (Å²) in [6.07, 6.45) is 3.26. The Balaban J connectivity index is 1.50. The molecule has 2 saturated heterocycles. The van der Waals surface area contributed by atoms with Gasteiger partial charge in [-0.25, -0.2) is 14.5 Å². The molecule has 2 fully saturated rings. The highest BCUT2D eigenvalue weighted by molar-refractivity contribution is 8.01. The van der Waals surface area contributed by atoms with Crippen LogP contribution in [0.25, 0.3) is 0 Å². The first kappa shape index (κ1) is 32.1. The molecule has 0 bridgehead atoms. The minimum Gasteiger partial charge on any atom is -0.445 e. The zero-order valence-corrected chi connectivity index (χ0v) is 26.9. The molecule has 0 aliphatic carbocycles. The first-order valence-electron chi connectivity index (χ1n) is 15.3. The standard InChI is InChI=1S/C37H40N2O5S/c1-5-23-43-34(41)39-26-32(25-31(39)24-27-21-22-38(33(27)40)35(42)44-36(2,3)4)45-37(28-15-9-6-10-16-28,29-17-11-7-12-18-29)30-19-13-8-14-20-30/h5-20,24,31-32H,1,21-23,25-26H2,2-4H3/b27-24-/t31-,32+/m1/s1. The molecule has 2 aliphatic rings. The summed E-state index contributed by atoms with van der Waals surface area (Å²) in [4.78, 5) is 42.3. The van der Waals surface area contributed by atoms with E-state index in [1.54, 1.807) is 25.7 Å². The molecule has 3 aromatic rings. The third kappa shape index (κ3) is 7.17. The maximum atomic E-state index is 13.4. The van der Waals surface area contributed by atoms with Crippen LogP contribution in [0.4, 0.5) is 9.59 Å². The zero-order chi connectivity index (χ0) is 32.0. The van der Waals surface area contributed by atoms with Gasteiger partial charge in [0.2, 0.25) is 0 Å². The SMILES string of the molecule is C=CCOC(=O)N1C[C@@H](SC(c2ccccc2)(c2ccccc2)c2ccccc2)C[C@H]1/C=C1/CCN(C(=O)OC(C)(C)C)C1=O. The van der Waals surface area contributed by atoms with E-state index < -0.39 is 28.6 Å². The summed E-state index contributed by atoms with van der Waals surface area (Å²) in [5.41, 5.74) is 3.18. The molecule has 8 heteroatoms. The van der Waals surface area contributed by atoms with Crippen molar-refractivity contribution < 1.29 is 23.9 Å². The normalized spacial score (nSPS) is 19.5. The van der Waals surface area contributed by atoms with Crippen LogP contribution in [-0.2, 0) is 19.0 Å². The van der Waals surface area contributed by atoms with E-state index in [4.69, 9.17) is 9.47 Å². The average molecular weight is 625 g/mol. The number of ether oxygens (including phenoxy) is 2. The van der Waals surface area contributed by atoms with Gasteiger partial charge in [0.15, 0.2) is 0 Å². The van der Waals surface area contributed by atoms with Crippen LogP contribution in [0.2, 0.25) is 0 Å². The van der Waals surface area contributed by atoms with Gasteiger partial charge in [0.25, 0.3) is 5.91 Å². The second-order valence-corrected chi connectivity index (χ2v) is 13.7. The molecule has 7 nitrogen and oxygen atoms in total. The number of likely N-dealkylation sites (tertiary alicyclic amines) is 2. The van der Waals surface area contributed by atoms with Crippen LogP contribution in [0.1, 0.15) is 50.3 Å². The van der Waals surface area contributed by atoms with Crippen molar-refractivity contribution in [3.8, 4) is 0 Å². The van der Waals surface area contributed by atoms with Crippen molar-refractivity contribution in [3.63, 3.8) is 0 Å². The molecule has 0 radical (unpaired) electrons. The number of imide groups is 1. The Labute approximate surface area is 269 Å². The van der Waals surface area contributed by atoms with Gasteiger partial charge in [-0.1, -0.05) is 110 Å². The van der Waals surface area contributed by atoms with Gasteiger partial charge in [0.05, 0.1) is 10.8 Å². The predicted molar refractivity (Wildman–Crippen MR) is 178 cm³/mol. The lowest BCUT2D eigenvalue weighted by molar-refractivity contribution is -0.124. The molecule has 0 N–H and O–H groups in total.